The highest BCUT2D eigenvalue weighted by Gasteiger charge is 2.36. The van der Waals surface area contributed by atoms with Gasteiger partial charge >= 0.3 is 24.4 Å². The van der Waals surface area contributed by atoms with Crippen LogP contribution in [0.25, 0.3) is 0 Å². The average molecular weight is 596 g/mol. The zero-order chi connectivity index (χ0) is 31.4. The molecule has 12 nitrogen and oxygen atoms in total. The summed E-state index contributed by atoms with van der Waals surface area (Å²) in [6.45, 7) is 10.3. The van der Waals surface area contributed by atoms with E-state index in [1.807, 2.05) is 13.8 Å². The molecule has 1 fully saturated rings. The highest BCUT2D eigenvalue weighted by molar-refractivity contribution is 5.75. The number of carbonyl (C=O) groups excluding carboxylic acids is 3. The maximum Gasteiger partial charge on any atom is 0.514 e. The van der Waals surface area contributed by atoms with Gasteiger partial charge in [-0.05, 0) is 77.0 Å². The van der Waals surface area contributed by atoms with E-state index < -0.39 is 60.6 Å². The molecule has 3 N–H and O–H groups in total. The molecule has 1 aliphatic rings. The van der Waals surface area contributed by atoms with E-state index in [9.17, 15) is 24.3 Å². The maximum absolute atomic E-state index is 12.5. The summed E-state index contributed by atoms with van der Waals surface area (Å²) in [5.41, 5.74) is 6.46. The number of rotatable bonds is 13. The minimum absolute atomic E-state index is 0.149. The van der Waals surface area contributed by atoms with E-state index in [4.69, 9.17) is 34.2 Å². The molecule has 1 aromatic rings. The summed E-state index contributed by atoms with van der Waals surface area (Å²) in [6.07, 6.45) is 0.935. The predicted molar refractivity (Wildman–Crippen MR) is 152 cm³/mol. The Hall–Kier alpha value is -3.54. The third-order valence-corrected chi connectivity index (χ3v) is 7.56. The number of carboxylic acids is 1. The van der Waals surface area contributed by atoms with Gasteiger partial charge in [-0.15, -0.1) is 0 Å². The summed E-state index contributed by atoms with van der Waals surface area (Å²) >= 11 is 0. The van der Waals surface area contributed by atoms with Crippen LogP contribution in [0.1, 0.15) is 98.0 Å². The van der Waals surface area contributed by atoms with Crippen LogP contribution in [-0.2, 0) is 23.7 Å². The van der Waals surface area contributed by atoms with Crippen molar-refractivity contribution in [3.05, 3.63) is 23.8 Å². The molecule has 0 aliphatic heterocycles. The summed E-state index contributed by atoms with van der Waals surface area (Å²) in [5, 5.41) is 9.82. The van der Waals surface area contributed by atoms with Crippen molar-refractivity contribution in [2.24, 2.45) is 11.7 Å². The molecule has 1 saturated carbocycles. The molecule has 1 aromatic carbocycles. The Kier molecular flexibility index (Phi) is 13.9. The van der Waals surface area contributed by atoms with Crippen LogP contribution in [0.2, 0.25) is 0 Å². The molecule has 0 bridgehead atoms. The molecule has 6 atom stereocenters. The van der Waals surface area contributed by atoms with E-state index in [1.165, 1.54) is 18.2 Å². The van der Waals surface area contributed by atoms with E-state index >= 15 is 0 Å². The van der Waals surface area contributed by atoms with Crippen molar-refractivity contribution >= 4 is 24.4 Å². The van der Waals surface area contributed by atoms with Crippen molar-refractivity contribution in [1.29, 1.82) is 0 Å². The number of hydrogen-bond donors (Lipinski definition) is 2. The SMILES string of the molecule is CCC(C)OC(=O)Oc1ccc(C(C(C)C(C)OC(=O)OC2CCCCC2)[C@H](N)C(=O)O)cc1OC(=O)OC(C)CC. The second-order valence-corrected chi connectivity index (χ2v) is 10.8. The minimum Gasteiger partial charge on any atom is -0.480 e. The lowest BCUT2D eigenvalue weighted by Crippen LogP contribution is -2.43. The first-order valence-electron chi connectivity index (χ1n) is 14.6. The quantitative estimate of drug-likeness (QED) is 0.148. The maximum atomic E-state index is 12.5. The molecule has 236 valence electrons. The van der Waals surface area contributed by atoms with Gasteiger partial charge < -0.3 is 39.3 Å². The lowest BCUT2D eigenvalue weighted by atomic mass is 9.79. The molecule has 1 aliphatic carbocycles. The number of carboxylic acid groups (broad SMARTS) is 1. The second-order valence-electron chi connectivity index (χ2n) is 10.8. The summed E-state index contributed by atoms with van der Waals surface area (Å²) in [5.74, 6) is -3.20. The van der Waals surface area contributed by atoms with E-state index in [0.29, 0.717) is 18.4 Å². The largest absolute Gasteiger partial charge is 0.514 e. The molecular weight excluding hydrogens is 550 g/mol. The number of carbonyl (C=O) groups is 4. The summed E-state index contributed by atoms with van der Waals surface area (Å²) in [6, 6.07) is 2.76. The first kappa shape index (κ1) is 34.7. The van der Waals surface area contributed by atoms with Crippen molar-refractivity contribution < 1.29 is 52.7 Å². The van der Waals surface area contributed by atoms with Gasteiger partial charge in [0.05, 0.1) is 0 Å². The first-order chi connectivity index (χ1) is 19.9. The predicted octanol–water partition coefficient (Wildman–Crippen LogP) is 6.32. The molecule has 12 heteroatoms. The normalized spacial score (nSPS) is 17.9. The van der Waals surface area contributed by atoms with Crippen LogP contribution >= 0.6 is 0 Å². The van der Waals surface area contributed by atoms with Gasteiger partial charge in [0.2, 0.25) is 0 Å². The third kappa shape index (κ3) is 10.7. The molecule has 0 saturated heterocycles. The van der Waals surface area contributed by atoms with E-state index in [-0.39, 0.29) is 17.6 Å². The molecule has 42 heavy (non-hydrogen) atoms. The van der Waals surface area contributed by atoms with Gasteiger partial charge in [-0.2, -0.15) is 0 Å². The Morgan fingerprint density at radius 2 is 1.38 bits per heavy atom. The fourth-order valence-electron chi connectivity index (χ4n) is 4.51. The third-order valence-electron chi connectivity index (χ3n) is 7.56. The van der Waals surface area contributed by atoms with Crippen LogP contribution in [-0.4, -0.2) is 60.0 Å². The fourth-order valence-corrected chi connectivity index (χ4v) is 4.51. The summed E-state index contributed by atoms with van der Waals surface area (Å²) in [4.78, 5) is 49.4. The highest BCUT2D eigenvalue weighted by Crippen LogP contribution is 2.37. The Morgan fingerprint density at radius 3 is 1.90 bits per heavy atom. The second kappa shape index (κ2) is 16.8. The fraction of sp³-hybridized carbons (Fsp3) is 0.667. The monoisotopic (exact) mass is 595 g/mol. The topological polar surface area (TPSA) is 170 Å². The zero-order valence-corrected chi connectivity index (χ0v) is 25.3. The van der Waals surface area contributed by atoms with Crippen molar-refractivity contribution in [3.8, 4) is 11.5 Å². The molecule has 0 spiro atoms. The first-order valence-corrected chi connectivity index (χ1v) is 14.6. The van der Waals surface area contributed by atoms with Gasteiger partial charge in [-0.25, -0.2) is 14.4 Å². The zero-order valence-electron chi connectivity index (χ0n) is 25.3. The Labute approximate surface area is 247 Å². The van der Waals surface area contributed by atoms with Crippen LogP contribution in [0, 0.1) is 5.92 Å². The standard InChI is InChI=1S/C30H45NO11/c1-7-17(3)37-28(34)41-23-15-14-21(16-24(23)42-29(35)38-18(4)8-2)25(26(31)27(32)33)19(5)20(6)39-30(36)40-22-12-10-9-11-13-22/h14-20,22,25-26H,7-13,31H2,1-6H3,(H,32,33)/t17?,18?,19?,20?,25?,26-/m0/s1. The van der Waals surface area contributed by atoms with Gasteiger partial charge in [0.15, 0.2) is 11.5 Å². The smallest absolute Gasteiger partial charge is 0.480 e. The van der Waals surface area contributed by atoms with E-state index in [0.717, 1.165) is 32.1 Å². The summed E-state index contributed by atoms with van der Waals surface area (Å²) < 4.78 is 32.0. The van der Waals surface area contributed by atoms with E-state index in [2.05, 4.69) is 0 Å². The van der Waals surface area contributed by atoms with Crippen LogP contribution in [0.5, 0.6) is 11.5 Å². The van der Waals surface area contributed by atoms with E-state index in [1.54, 1.807) is 27.7 Å². The van der Waals surface area contributed by atoms with Gasteiger partial charge in [-0.1, -0.05) is 33.3 Å². The minimum atomic E-state index is -1.43. The average Bonchev–Trinajstić information content (AvgIpc) is 2.94. The van der Waals surface area contributed by atoms with Crippen LogP contribution < -0.4 is 15.2 Å². The van der Waals surface area contributed by atoms with Gasteiger partial charge in [0.1, 0.15) is 30.5 Å². The number of benzene rings is 1. The Morgan fingerprint density at radius 1 is 0.833 bits per heavy atom. The Balaban J connectivity index is 2.36. The van der Waals surface area contributed by atoms with Gasteiger partial charge in [-0.3, -0.25) is 4.79 Å². The Bertz CT molecular complexity index is 1060. The van der Waals surface area contributed by atoms with Crippen LogP contribution in [0.3, 0.4) is 0 Å². The number of aliphatic carboxylic acids is 1. The molecule has 5 unspecified atom stereocenters. The van der Waals surface area contributed by atoms with Gasteiger partial charge in [0, 0.05) is 11.8 Å². The number of hydrogen-bond acceptors (Lipinski definition) is 11. The lowest BCUT2D eigenvalue weighted by Gasteiger charge is -2.32. The summed E-state index contributed by atoms with van der Waals surface area (Å²) in [7, 11) is 0. The molecule has 0 heterocycles. The van der Waals surface area contributed by atoms with Crippen molar-refractivity contribution in [2.45, 2.75) is 123 Å². The molecule has 0 radical (unpaired) electrons. The molecule has 2 rings (SSSR count). The van der Waals surface area contributed by atoms with Crippen molar-refractivity contribution in [3.63, 3.8) is 0 Å². The highest BCUT2D eigenvalue weighted by atomic mass is 16.8. The number of ether oxygens (including phenoxy) is 6. The van der Waals surface area contributed by atoms with Gasteiger partial charge in [0.25, 0.3) is 0 Å². The molecule has 0 aromatic heterocycles. The van der Waals surface area contributed by atoms with Crippen LogP contribution in [0.15, 0.2) is 18.2 Å². The molecule has 0 amide bonds. The van der Waals surface area contributed by atoms with Crippen molar-refractivity contribution in [1.82, 2.24) is 0 Å². The lowest BCUT2D eigenvalue weighted by molar-refractivity contribution is -0.139. The number of nitrogens with two attached hydrogens (primary N) is 1. The molecular formula is C30H45NO11. The van der Waals surface area contributed by atoms with Crippen molar-refractivity contribution in [2.75, 3.05) is 0 Å². The van der Waals surface area contributed by atoms with Crippen LogP contribution in [0.4, 0.5) is 14.4 Å².